The zero-order chi connectivity index (χ0) is 21.5. The molecule has 1 N–H and O–H groups in total. The van der Waals surface area contributed by atoms with E-state index < -0.39 is 0 Å². The number of carbonyl (C=O) groups is 1. The zero-order valence-corrected chi connectivity index (χ0v) is 18.5. The van der Waals surface area contributed by atoms with E-state index in [1.165, 1.54) is 25.8 Å². The van der Waals surface area contributed by atoms with Crippen LogP contribution in [0.4, 0.5) is 5.82 Å². The minimum absolute atomic E-state index is 0.0249. The molecule has 6 heteroatoms. The lowest BCUT2D eigenvalue weighted by molar-refractivity contribution is 0.0919. The first-order chi connectivity index (χ1) is 15.2. The first kappa shape index (κ1) is 21.6. The number of amides is 1. The summed E-state index contributed by atoms with van der Waals surface area (Å²) in [5, 5.41) is 3.22. The van der Waals surface area contributed by atoms with Crippen LogP contribution >= 0.6 is 0 Å². The lowest BCUT2D eigenvalue weighted by Crippen LogP contribution is -2.47. The summed E-state index contributed by atoms with van der Waals surface area (Å²) in [7, 11) is 1.63. The third-order valence-corrected chi connectivity index (χ3v) is 6.73. The standard InChI is InChI=1S/C25H34N4O2/c1-31-23-11-7-21(8-12-23)25(30)27-22-9-5-20(6-10-22)13-15-28-16-18-29(19-17-28)24-4-2-3-14-26-24/h2-4,7-8,11-12,14,20,22H,5-6,9-10,13,15-19H2,1H3,(H,27,30)/t20-,22-. The van der Waals surface area contributed by atoms with E-state index in [4.69, 9.17) is 4.74 Å². The number of ether oxygens (including phenoxy) is 1. The molecule has 1 saturated carbocycles. The van der Waals surface area contributed by atoms with Gasteiger partial charge in [0.05, 0.1) is 7.11 Å². The highest BCUT2D eigenvalue weighted by Gasteiger charge is 2.24. The van der Waals surface area contributed by atoms with Crippen molar-refractivity contribution in [1.82, 2.24) is 15.2 Å². The number of hydrogen-bond acceptors (Lipinski definition) is 5. The molecule has 0 spiro atoms. The molecule has 6 nitrogen and oxygen atoms in total. The van der Waals surface area contributed by atoms with E-state index >= 15 is 0 Å². The van der Waals surface area contributed by atoms with Gasteiger partial charge in [-0.3, -0.25) is 9.69 Å². The molecule has 2 fully saturated rings. The van der Waals surface area contributed by atoms with Gasteiger partial charge in [-0.05, 0) is 81.0 Å². The summed E-state index contributed by atoms with van der Waals surface area (Å²) in [6.45, 7) is 5.53. The molecule has 0 atom stereocenters. The molecular formula is C25H34N4O2. The number of aromatic nitrogens is 1. The summed E-state index contributed by atoms with van der Waals surface area (Å²) in [6, 6.07) is 13.8. The van der Waals surface area contributed by atoms with E-state index in [0.29, 0.717) is 11.6 Å². The maximum absolute atomic E-state index is 12.5. The number of anilines is 1. The Labute approximate surface area is 185 Å². The summed E-state index contributed by atoms with van der Waals surface area (Å²) in [4.78, 5) is 21.9. The van der Waals surface area contributed by atoms with Gasteiger partial charge in [0, 0.05) is 44.0 Å². The Kier molecular flexibility index (Phi) is 7.41. The molecule has 4 rings (SSSR count). The highest BCUT2D eigenvalue weighted by atomic mass is 16.5. The molecule has 1 aliphatic heterocycles. The van der Waals surface area contributed by atoms with Gasteiger partial charge in [0.15, 0.2) is 0 Å². The van der Waals surface area contributed by atoms with Crippen molar-refractivity contribution in [3.63, 3.8) is 0 Å². The van der Waals surface area contributed by atoms with Crippen molar-refractivity contribution >= 4 is 11.7 Å². The molecule has 1 aromatic carbocycles. The Morgan fingerprint density at radius 1 is 1.03 bits per heavy atom. The van der Waals surface area contributed by atoms with Crippen molar-refractivity contribution in [3.05, 3.63) is 54.2 Å². The van der Waals surface area contributed by atoms with E-state index in [1.54, 1.807) is 7.11 Å². The fourth-order valence-electron chi connectivity index (χ4n) is 4.71. The molecule has 1 saturated heterocycles. The molecule has 31 heavy (non-hydrogen) atoms. The molecule has 1 aromatic heterocycles. The van der Waals surface area contributed by atoms with Crippen molar-refractivity contribution in [2.24, 2.45) is 5.92 Å². The molecule has 0 bridgehead atoms. The molecule has 2 aromatic rings. The van der Waals surface area contributed by atoms with E-state index in [0.717, 1.165) is 56.5 Å². The van der Waals surface area contributed by atoms with Crippen LogP contribution in [-0.4, -0.2) is 61.7 Å². The van der Waals surface area contributed by atoms with Gasteiger partial charge in [0.2, 0.25) is 0 Å². The van der Waals surface area contributed by atoms with E-state index in [1.807, 2.05) is 36.5 Å². The Balaban J connectivity index is 1.13. The zero-order valence-electron chi connectivity index (χ0n) is 18.5. The average molecular weight is 423 g/mol. The van der Waals surface area contributed by atoms with Crippen LogP contribution < -0.4 is 15.0 Å². The van der Waals surface area contributed by atoms with Crippen molar-refractivity contribution in [3.8, 4) is 5.75 Å². The topological polar surface area (TPSA) is 57.7 Å². The highest BCUT2D eigenvalue weighted by molar-refractivity contribution is 5.94. The monoisotopic (exact) mass is 422 g/mol. The van der Waals surface area contributed by atoms with Crippen LogP contribution in [0.3, 0.4) is 0 Å². The first-order valence-corrected chi connectivity index (χ1v) is 11.5. The largest absolute Gasteiger partial charge is 0.497 e. The van der Waals surface area contributed by atoms with Gasteiger partial charge in [-0.15, -0.1) is 0 Å². The Bertz CT molecular complexity index is 811. The highest BCUT2D eigenvalue weighted by Crippen LogP contribution is 2.27. The number of hydrogen-bond donors (Lipinski definition) is 1. The smallest absolute Gasteiger partial charge is 0.251 e. The van der Waals surface area contributed by atoms with Crippen LogP contribution in [0.1, 0.15) is 42.5 Å². The molecule has 2 heterocycles. The average Bonchev–Trinajstić information content (AvgIpc) is 2.84. The van der Waals surface area contributed by atoms with Gasteiger partial charge in [-0.25, -0.2) is 4.98 Å². The predicted molar refractivity (Wildman–Crippen MR) is 124 cm³/mol. The molecule has 1 amide bonds. The summed E-state index contributed by atoms with van der Waals surface area (Å²) >= 11 is 0. The Morgan fingerprint density at radius 3 is 2.42 bits per heavy atom. The van der Waals surface area contributed by atoms with Gasteiger partial charge < -0.3 is 15.0 Å². The second-order valence-corrected chi connectivity index (χ2v) is 8.72. The number of methoxy groups -OCH3 is 1. The number of piperazine rings is 1. The van der Waals surface area contributed by atoms with Crippen LogP contribution in [0.2, 0.25) is 0 Å². The summed E-state index contributed by atoms with van der Waals surface area (Å²) in [5.74, 6) is 2.67. The second-order valence-electron chi connectivity index (χ2n) is 8.72. The van der Waals surface area contributed by atoms with Gasteiger partial charge >= 0.3 is 0 Å². The van der Waals surface area contributed by atoms with Crippen molar-refractivity contribution in [2.75, 3.05) is 44.7 Å². The van der Waals surface area contributed by atoms with Crippen LogP contribution in [0, 0.1) is 5.92 Å². The van der Waals surface area contributed by atoms with Gasteiger partial charge in [-0.2, -0.15) is 0 Å². The number of carbonyl (C=O) groups excluding carboxylic acids is 1. The lowest BCUT2D eigenvalue weighted by Gasteiger charge is -2.36. The maximum Gasteiger partial charge on any atom is 0.251 e. The maximum atomic E-state index is 12.5. The van der Waals surface area contributed by atoms with Crippen LogP contribution in [0.15, 0.2) is 48.7 Å². The molecule has 0 radical (unpaired) electrons. The quantitative estimate of drug-likeness (QED) is 0.739. The fourth-order valence-corrected chi connectivity index (χ4v) is 4.71. The van der Waals surface area contributed by atoms with Crippen molar-refractivity contribution < 1.29 is 9.53 Å². The predicted octanol–water partition coefficient (Wildman–Crippen LogP) is 3.59. The number of rotatable bonds is 7. The Hall–Kier alpha value is -2.60. The number of nitrogens with zero attached hydrogens (tertiary/aromatic N) is 3. The number of pyridine rings is 1. The minimum Gasteiger partial charge on any atom is -0.497 e. The molecular weight excluding hydrogens is 388 g/mol. The number of benzene rings is 1. The normalized spacial score (nSPS) is 22.2. The van der Waals surface area contributed by atoms with Crippen LogP contribution in [-0.2, 0) is 0 Å². The van der Waals surface area contributed by atoms with Gasteiger partial charge in [0.1, 0.15) is 11.6 Å². The van der Waals surface area contributed by atoms with Gasteiger partial charge in [0.25, 0.3) is 5.91 Å². The van der Waals surface area contributed by atoms with E-state index in [-0.39, 0.29) is 5.91 Å². The lowest BCUT2D eigenvalue weighted by atomic mass is 9.84. The van der Waals surface area contributed by atoms with Gasteiger partial charge in [-0.1, -0.05) is 6.07 Å². The van der Waals surface area contributed by atoms with Crippen LogP contribution in [0.5, 0.6) is 5.75 Å². The summed E-state index contributed by atoms with van der Waals surface area (Å²) in [6.07, 6.45) is 7.73. The third-order valence-electron chi connectivity index (χ3n) is 6.73. The van der Waals surface area contributed by atoms with E-state index in [9.17, 15) is 4.79 Å². The molecule has 1 aliphatic carbocycles. The summed E-state index contributed by atoms with van der Waals surface area (Å²) < 4.78 is 5.16. The fraction of sp³-hybridized carbons (Fsp3) is 0.520. The molecule has 0 unspecified atom stereocenters. The number of nitrogens with one attached hydrogen (secondary N) is 1. The van der Waals surface area contributed by atoms with Crippen molar-refractivity contribution in [2.45, 2.75) is 38.1 Å². The first-order valence-electron chi connectivity index (χ1n) is 11.5. The summed E-state index contributed by atoms with van der Waals surface area (Å²) in [5.41, 5.74) is 0.702. The van der Waals surface area contributed by atoms with E-state index in [2.05, 4.69) is 32.2 Å². The minimum atomic E-state index is 0.0249. The molecule has 2 aliphatic rings. The second kappa shape index (κ2) is 10.6. The molecule has 166 valence electrons. The van der Waals surface area contributed by atoms with Crippen LogP contribution in [0.25, 0.3) is 0 Å². The van der Waals surface area contributed by atoms with Crippen molar-refractivity contribution in [1.29, 1.82) is 0 Å². The SMILES string of the molecule is COc1ccc(C(=O)N[C@H]2CC[C@H](CCN3CCN(c4ccccn4)CC3)CC2)cc1. The Morgan fingerprint density at radius 2 is 1.77 bits per heavy atom. The third kappa shape index (κ3) is 5.97.